The van der Waals surface area contributed by atoms with Crippen molar-refractivity contribution in [3.63, 3.8) is 0 Å². The minimum Gasteiger partial charge on any atom is -0.507 e. The summed E-state index contributed by atoms with van der Waals surface area (Å²) in [5.41, 5.74) is 0.357. The lowest BCUT2D eigenvalue weighted by Crippen LogP contribution is -2.17. The van der Waals surface area contributed by atoms with Gasteiger partial charge in [0.2, 0.25) is 5.91 Å². The highest BCUT2D eigenvalue weighted by Crippen LogP contribution is 2.23. The van der Waals surface area contributed by atoms with Gasteiger partial charge in [-0.25, -0.2) is 4.79 Å². The highest BCUT2D eigenvalue weighted by Gasteiger charge is 2.26. The summed E-state index contributed by atoms with van der Waals surface area (Å²) in [4.78, 5) is 34.6. The van der Waals surface area contributed by atoms with E-state index in [1.807, 2.05) is 0 Å². The third-order valence-corrected chi connectivity index (χ3v) is 3.19. The van der Waals surface area contributed by atoms with E-state index in [0.717, 1.165) is 0 Å². The molecule has 0 spiro atoms. The fraction of sp³-hybridized carbons (Fsp3) is 0.400. The molecule has 0 aromatic heterocycles. The van der Waals surface area contributed by atoms with Crippen molar-refractivity contribution in [2.24, 2.45) is 5.92 Å². The van der Waals surface area contributed by atoms with Crippen LogP contribution in [0.4, 0.5) is 5.69 Å². The van der Waals surface area contributed by atoms with Crippen molar-refractivity contribution in [3.05, 3.63) is 23.8 Å². The number of cyclic esters (lactones) is 1. The maximum Gasteiger partial charge on any atom is 0.341 e. The van der Waals surface area contributed by atoms with Crippen LogP contribution >= 0.6 is 0 Å². The van der Waals surface area contributed by atoms with E-state index in [4.69, 9.17) is 9.47 Å². The van der Waals surface area contributed by atoms with E-state index in [1.165, 1.54) is 18.2 Å². The number of hydrogen-bond donors (Lipinski definition) is 2. The summed E-state index contributed by atoms with van der Waals surface area (Å²) in [7, 11) is 0. The van der Waals surface area contributed by atoms with Crippen molar-refractivity contribution >= 4 is 23.5 Å². The number of ether oxygens (including phenoxy) is 2. The highest BCUT2D eigenvalue weighted by molar-refractivity contribution is 5.96. The SMILES string of the molecule is CCOC(=O)c1cc(NC(=O)C[C@@H]2COC(=O)C2)ccc1O. The van der Waals surface area contributed by atoms with Gasteiger partial charge in [-0.2, -0.15) is 0 Å². The molecule has 1 amide bonds. The molecule has 1 heterocycles. The first kappa shape index (κ1) is 15.8. The summed E-state index contributed by atoms with van der Waals surface area (Å²) < 4.78 is 9.62. The molecule has 0 unspecified atom stereocenters. The molecule has 118 valence electrons. The topological polar surface area (TPSA) is 102 Å². The zero-order chi connectivity index (χ0) is 16.1. The third-order valence-electron chi connectivity index (χ3n) is 3.19. The number of carbonyl (C=O) groups excluding carboxylic acids is 3. The van der Waals surface area contributed by atoms with E-state index >= 15 is 0 Å². The molecule has 7 heteroatoms. The van der Waals surface area contributed by atoms with Gasteiger partial charge in [0.25, 0.3) is 0 Å². The van der Waals surface area contributed by atoms with Crippen molar-refractivity contribution in [3.8, 4) is 5.75 Å². The van der Waals surface area contributed by atoms with Crippen LogP contribution in [0, 0.1) is 5.92 Å². The molecule has 0 bridgehead atoms. The first-order valence-electron chi connectivity index (χ1n) is 6.95. The first-order valence-corrected chi connectivity index (χ1v) is 6.95. The Balaban J connectivity index is 2.00. The average molecular weight is 307 g/mol. The normalized spacial score (nSPS) is 17.0. The number of hydrogen-bond acceptors (Lipinski definition) is 6. The number of amides is 1. The van der Waals surface area contributed by atoms with E-state index in [-0.39, 0.29) is 55.2 Å². The zero-order valence-corrected chi connectivity index (χ0v) is 12.1. The van der Waals surface area contributed by atoms with Crippen molar-refractivity contribution < 1.29 is 29.0 Å². The van der Waals surface area contributed by atoms with Crippen LogP contribution in [0.5, 0.6) is 5.75 Å². The van der Waals surface area contributed by atoms with Crippen LogP contribution in [-0.4, -0.2) is 36.2 Å². The van der Waals surface area contributed by atoms with Crippen LogP contribution in [-0.2, 0) is 19.1 Å². The summed E-state index contributed by atoms with van der Waals surface area (Å²) in [6.45, 7) is 2.09. The van der Waals surface area contributed by atoms with E-state index in [1.54, 1.807) is 6.92 Å². The molecular formula is C15H17NO6. The van der Waals surface area contributed by atoms with Crippen LogP contribution in [0.3, 0.4) is 0 Å². The number of aromatic hydroxyl groups is 1. The van der Waals surface area contributed by atoms with Gasteiger partial charge in [-0.3, -0.25) is 9.59 Å². The van der Waals surface area contributed by atoms with E-state index < -0.39 is 5.97 Å². The fourth-order valence-corrected chi connectivity index (χ4v) is 2.16. The van der Waals surface area contributed by atoms with Crippen molar-refractivity contribution in [2.75, 3.05) is 18.5 Å². The monoisotopic (exact) mass is 307 g/mol. The minimum absolute atomic E-state index is 0.0148. The number of esters is 2. The molecule has 0 radical (unpaired) electrons. The number of carbonyl (C=O) groups is 3. The molecule has 1 aliphatic rings. The second-order valence-electron chi connectivity index (χ2n) is 4.96. The number of phenols is 1. The minimum atomic E-state index is -0.661. The van der Waals surface area contributed by atoms with Crippen molar-refractivity contribution in [1.29, 1.82) is 0 Å². The number of nitrogens with one attached hydrogen (secondary N) is 1. The van der Waals surface area contributed by atoms with E-state index in [2.05, 4.69) is 5.32 Å². The van der Waals surface area contributed by atoms with Gasteiger partial charge in [0.1, 0.15) is 11.3 Å². The quantitative estimate of drug-likeness (QED) is 0.631. The third kappa shape index (κ3) is 3.97. The Bertz CT molecular complexity index is 598. The van der Waals surface area contributed by atoms with Gasteiger partial charge in [-0.15, -0.1) is 0 Å². The Labute approximate surface area is 127 Å². The maximum absolute atomic E-state index is 11.9. The molecule has 7 nitrogen and oxygen atoms in total. The molecule has 22 heavy (non-hydrogen) atoms. The van der Waals surface area contributed by atoms with Gasteiger partial charge in [-0.1, -0.05) is 0 Å². The summed E-state index contributed by atoms with van der Waals surface area (Å²) >= 11 is 0. The lowest BCUT2D eigenvalue weighted by Gasteiger charge is -2.10. The van der Waals surface area contributed by atoms with E-state index in [9.17, 15) is 19.5 Å². The Morgan fingerprint density at radius 3 is 2.86 bits per heavy atom. The fourth-order valence-electron chi connectivity index (χ4n) is 2.16. The number of benzene rings is 1. The van der Waals surface area contributed by atoms with Gasteiger partial charge in [0.15, 0.2) is 0 Å². The lowest BCUT2D eigenvalue weighted by atomic mass is 10.0. The van der Waals surface area contributed by atoms with Crippen molar-refractivity contribution in [2.45, 2.75) is 19.8 Å². The number of rotatable bonds is 5. The molecular weight excluding hydrogens is 290 g/mol. The molecule has 1 saturated heterocycles. The van der Waals surface area contributed by atoms with Crippen LogP contribution in [0.1, 0.15) is 30.1 Å². The molecule has 1 atom stereocenters. The van der Waals surface area contributed by atoms with Gasteiger partial charge >= 0.3 is 11.9 Å². The summed E-state index contributed by atoms with van der Waals surface area (Å²) in [5, 5.41) is 12.3. The Kier molecular flexibility index (Phi) is 4.98. The van der Waals surface area contributed by atoms with Crippen LogP contribution < -0.4 is 5.32 Å². The predicted molar refractivity (Wildman–Crippen MR) is 76.4 cm³/mol. The molecule has 1 fully saturated rings. The van der Waals surface area contributed by atoms with E-state index in [0.29, 0.717) is 5.69 Å². The second kappa shape index (κ2) is 6.93. The molecule has 0 saturated carbocycles. The number of anilines is 1. The van der Waals surface area contributed by atoms with Gasteiger partial charge in [-0.05, 0) is 25.1 Å². The maximum atomic E-state index is 11.9. The Morgan fingerprint density at radius 1 is 1.45 bits per heavy atom. The molecule has 1 aromatic carbocycles. The summed E-state index contributed by atoms with van der Waals surface area (Å²) in [6, 6.07) is 4.14. The zero-order valence-electron chi connectivity index (χ0n) is 12.1. The standard InChI is InChI=1S/C15H17NO6/c1-2-21-15(20)11-7-10(3-4-12(11)17)16-13(18)5-9-6-14(19)22-8-9/h3-4,7,9,17H,2,5-6,8H2,1H3,(H,16,18)/t9-/m0/s1. The van der Waals surface area contributed by atoms with Crippen LogP contribution in [0.2, 0.25) is 0 Å². The molecule has 2 rings (SSSR count). The number of phenolic OH excluding ortho intramolecular Hbond substituents is 1. The second-order valence-corrected chi connectivity index (χ2v) is 4.96. The summed E-state index contributed by atoms with van der Waals surface area (Å²) in [6.07, 6.45) is 0.387. The average Bonchev–Trinajstić information content (AvgIpc) is 2.86. The van der Waals surface area contributed by atoms with Gasteiger partial charge in [0, 0.05) is 18.0 Å². The first-order chi connectivity index (χ1) is 10.5. The Morgan fingerprint density at radius 2 is 2.23 bits per heavy atom. The molecule has 1 aliphatic heterocycles. The van der Waals surface area contributed by atoms with Crippen LogP contribution in [0.15, 0.2) is 18.2 Å². The Hall–Kier alpha value is -2.57. The summed E-state index contributed by atoms with van der Waals surface area (Å²) in [5.74, 6) is -1.60. The van der Waals surface area contributed by atoms with Gasteiger partial charge < -0.3 is 19.9 Å². The molecule has 0 aliphatic carbocycles. The molecule has 2 N–H and O–H groups in total. The molecule has 1 aromatic rings. The van der Waals surface area contributed by atoms with Gasteiger partial charge in [0.05, 0.1) is 19.6 Å². The van der Waals surface area contributed by atoms with Crippen molar-refractivity contribution in [1.82, 2.24) is 0 Å². The highest BCUT2D eigenvalue weighted by atomic mass is 16.5. The lowest BCUT2D eigenvalue weighted by molar-refractivity contribution is -0.138. The van der Waals surface area contributed by atoms with Crippen LogP contribution in [0.25, 0.3) is 0 Å². The predicted octanol–water partition coefficient (Wildman–Crippen LogP) is 1.46. The smallest absolute Gasteiger partial charge is 0.341 e. The largest absolute Gasteiger partial charge is 0.507 e.